The molecule has 0 spiro atoms. The maximum atomic E-state index is 12.0. The molecule has 8 heteroatoms. The molecular formula is C27H27NO7. The molecule has 182 valence electrons. The molecule has 2 saturated heterocycles. The highest BCUT2D eigenvalue weighted by Crippen LogP contribution is 2.41. The molecule has 2 aliphatic rings. The number of rotatable bonds is 6. The average Bonchev–Trinajstić information content (AvgIpc) is 2.93. The van der Waals surface area contributed by atoms with Gasteiger partial charge in [-0.05, 0) is 12.1 Å². The van der Waals surface area contributed by atoms with Crippen molar-refractivity contribution in [1.82, 2.24) is 4.98 Å². The molecule has 8 nitrogen and oxygen atoms in total. The molecule has 0 aliphatic carbocycles. The van der Waals surface area contributed by atoms with E-state index in [2.05, 4.69) is 4.98 Å². The fourth-order valence-electron chi connectivity index (χ4n) is 4.46. The van der Waals surface area contributed by atoms with Crippen LogP contribution in [0.1, 0.15) is 39.8 Å². The Hall–Kier alpha value is -3.14. The van der Waals surface area contributed by atoms with Gasteiger partial charge in [0.15, 0.2) is 12.6 Å². The predicted octanol–water partition coefficient (Wildman–Crippen LogP) is 3.37. The SMILES string of the molecule is COC(=O)c1ccnc(C[C@H]2OC(c3ccccc3)O[C@H]3[C@H]2OC(c2ccccc2)O[C@@H]3CO)c1. The summed E-state index contributed by atoms with van der Waals surface area (Å²) in [4.78, 5) is 16.5. The van der Waals surface area contributed by atoms with Gasteiger partial charge in [0.25, 0.3) is 0 Å². The molecule has 3 heterocycles. The van der Waals surface area contributed by atoms with Gasteiger partial charge < -0.3 is 28.8 Å². The van der Waals surface area contributed by atoms with Crippen LogP contribution >= 0.6 is 0 Å². The zero-order chi connectivity index (χ0) is 24.2. The van der Waals surface area contributed by atoms with Crippen molar-refractivity contribution >= 4 is 5.97 Å². The minimum atomic E-state index is -0.688. The molecule has 0 amide bonds. The molecule has 6 atom stereocenters. The first-order chi connectivity index (χ1) is 17.2. The first kappa shape index (κ1) is 23.6. The van der Waals surface area contributed by atoms with E-state index in [0.29, 0.717) is 17.7 Å². The van der Waals surface area contributed by atoms with Gasteiger partial charge in [-0.2, -0.15) is 0 Å². The Morgan fingerprint density at radius 1 is 0.857 bits per heavy atom. The predicted molar refractivity (Wildman–Crippen MR) is 124 cm³/mol. The fourth-order valence-corrected chi connectivity index (χ4v) is 4.46. The van der Waals surface area contributed by atoms with Crippen LogP contribution in [0.3, 0.4) is 0 Å². The third-order valence-electron chi connectivity index (χ3n) is 6.19. The molecule has 2 aromatic carbocycles. The van der Waals surface area contributed by atoms with Crippen molar-refractivity contribution in [1.29, 1.82) is 0 Å². The fraction of sp³-hybridized carbons (Fsp3) is 0.333. The number of pyridine rings is 1. The van der Waals surface area contributed by atoms with Gasteiger partial charge in [-0.3, -0.25) is 4.98 Å². The van der Waals surface area contributed by atoms with E-state index in [0.717, 1.165) is 11.1 Å². The first-order valence-electron chi connectivity index (χ1n) is 11.5. The van der Waals surface area contributed by atoms with E-state index in [-0.39, 0.29) is 6.61 Å². The second-order valence-corrected chi connectivity index (χ2v) is 8.45. The third kappa shape index (κ3) is 5.12. The highest BCUT2D eigenvalue weighted by atomic mass is 16.8. The zero-order valence-electron chi connectivity index (χ0n) is 19.2. The van der Waals surface area contributed by atoms with Gasteiger partial charge in [0.2, 0.25) is 0 Å². The standard InChI is InChI=1S/C27H27NO7/c1-31-25(30)19-12-13-28-20(14-19)15-21-23-24(35-26(32-21)17-8-4-2-5-9-17)22(16-29)33-27(34-23)18-10-6-3-7-11-18/h2-14,21-24,26-27,29H,15-16H2,1H3/t21-,22-,23+,24-,26?,27?/m1/s1. The van der Waals surface area contributed by atoms with Crippen molar-refractivity contribution < 1.29 is 33.6 Å². The lowest BCUT2D eigenvalue weighted by molar-refractivity contribution is -0.384. The van der Waals surface area contributed by atoms with E-state index < -0.39 is 43.0 Å². The lowest BCUT2D eigenvalue weighted by atomic mass is 9.95. The van der Waals surface area contributed by atoms with Gasteiger partial charge in [0.05, 0.1) is 25.4 Å². The lowest BCUT2D eigenvalue weighted by Gasteiger charge is -2.49. The topological polar surface area (TPSA) is 96.3 Å². The Bertz CT molecular complexity index is 1130. The summed E-state index contributed by atoms with van der Waals surface area (Å²) in [7, 11) is 1.34. The van der Waals surface area contributed by atoms with E-state index in [1.165, 1.54) is 7.11 Å². The Kier molecular flexibility index (Phi) is 7.17. The number of hydrogen-bond acceptors (Lipinski definition) is 8. The number of carbonyl (C=O) groups excluding carboxylic acids is 1. The van der Waals surface area contributed by atoms with Crippen LogP contribution in [0.2, 0.25) is 0 Å². The summed E-state index contributed by atoms with van der Waals surface area (Å²) in [6.07, 6.45) is -1.66. The smallest absolute Gasteiger partial charge is 0.337 e. The van der Waals surface area contributed by atoms with Gasteiger partial charge in [-0.1, -0.05) is 60.7 Å². The van der Waals surface area contributed by atoms with E-state index in [4.69, 9.17) is 23.7 Å². The summed E-state index contributed by atoms with van der Waals surface area (Å²) in [5.74, 6) is -0.437. The first-order valence-corrected chi connectivity index (χ1v) is 11.5. The number of nitrogens with zero attached hydrogens (tertiary/aromatic N) is 1. The Labute approximate surface area is 203 Å². The normalized spacial score (nSPS) is 28.2. The van der Waals surface area contributed by atoms with E-state index in [9.17, 15) is 9.90 Å². The number of fused-ring (bicyclic) bond motifs is 1. The van der Waals surface area contributed by atoms with Crippen molar-refractivity contribution in [3.8, 4) is 0 Å². The number of aromatic nitrogens is 1. The van der Waals surface area contributed by atoms with Crippen molar-refractivity contribution in [3.05, 3.63) is 101 Å². The molecule has 2 aliphatic heterocycles. The van der Waals surface area contributed by atoms with Crippen molar-refractivity contribution in [3.63, 3.8) is 0 Å². The molecular weight excluding hydrogens is 450 g/mol. The van der Waals surface area contributed by atoms with Crippen LogP contribution in [0.15, 0.2) is 79.0 Å². The number of hydrogen-bond donors (Lipinski definition) is 1. The average molecular weight is 478 g/mol. The van der Waals surface area contributed by atoms with Crippen LogP contribution in [0.5, 0.6) is 0 Å². The number of benzene rings is 2. The summed E-state index contributed by atoms with van der Waals surface area (Å²) in [5.41, 5.74) is 2.73. The van der Waals surface area contributed by atoms with Crippen molar-refractivity contribution in [2.24, 2.45) is 0 Å². The monoisotopic (exact) mass is 477 g/mol. The minimum absolute atomic E-state index is 0.238. The second kappa shape index (κ2) is 10.6. The summed E-state index contributed by atoms with van der Waals surface area (Å²) in [6.45, 7) is -0.238. The number of carbonyl (C=O) groups is 1. The summed E-state index contributed by atoms with van der Waals surface area (Å²) in [5, 5.41) is 10.2. The Morgan fingerprint density at radius 3 is 2.00 bits per heavy atom. The molecule has 2 unspecified atom stereocenters. The molecule has 0 saturated carbocycles. The summed E-state index contributed by atoms with van der Waals surface area (Å²) < 4.78 is 30.0. The molecule has 0 radical (unpaired) electrons. The van der Waals surface area contributed by atoms with Crippen LogP contribution in [0.4, 0.5) is 0 Å². The number of aliphatic hydroxyl groups excluding tert-OH is 1. The van der Waals surface area contributed by atoms with Crippen molar-refractivity contribution in [2.45, 2.75) is 43.4 Å². The highest BCUT2D eigenvalue weighted by Gasteiger charge is 2.50. The highest BCUT2D eigenvalue weighted by molar-refractivity contribution is 5.89. The summed E-state index contributed by atoms with van der Waals surface area (Å²) >= 11 is 0. The van der Waals surface area contributed by atoms with Crippen LogP contribution in [0.25, 0.3) is 0 Å². The number of ether oxygens (including phenoxy) is 5. The second-order valence-electron chi connectivity index (χ2n) is 8.45. The number of esters is 1. The van der Waals surface area contributed by atoms with Gasteiger partial charge in [-0.15, -0.1) is 0 Å². The molecule has 2 fully saturated rings. The lowest BCUT2D eigenvalue weighted by Crippen LogP contribution is -2.59. The van der Waals surface area contributed by atoms with Crippen LogP contribution in [-0.4, -0.2) is 54.2 Å². The largest absolute Gasteiger partial charge is 0.465 e. The van der Waals surface area contributed by atoms with E-state index in [1.807, 2.05) is 60.7 Å². The Balaban J connectivity index is 1.47. The zero-order valence-corrected chi connectivity index (χ0v) is 19.2. The molecule has 35 heavy (non-hydrogen) atoms. The molecule has 3 aromatic rings. The molecule has 1 N–H and O–H groups in total. The van der Waals surface area contributed by atoms with Crippen LogP contribution in [-0.2, 0) is 30.1 Å². The maximum absolute atomic E-state index is 12.0. The maximum Gasteiger partial charge on any atom is 0.337 e. The molecule has 1 aromatic heterocycles. The Morgan fingerprint density at radius 2 is 1.43 bits per heavy atom. The minimum Gasteiger partial charge on any atom is -0.465 e. The summed E-state index contributed by atoms with van der Waals surface area (Å²) in [6, 6.07) is 22.4. The van der Waals surface area contributed by atoms with E-state index >= 15 is 0 Å². The molecule has 5 rings (SSSR count). The van der Waals surface area contributed by atoms with Gasteiger partial charge in [0, 0.05) is 29.4 Å². The number of aliphatic hydroxyl groups is 1. The van der Waals surface area contributed by atoms with E-state index in [1.54, 1.807) is 18.3 Å². The van der Waals surface area contributed by atoms with Crippen molar-refractivity contribution in [2.75, 3.05) is 13.7 Å². The van der Waals surface area contributed by atoms with Crippen LogP contribution < -0.4 is 0 Å². The van der Waals surface area contributed by atoms with Gasteiger partial charge >= 0.3 is 5.97 Å². The number of methoxy groups -OCH3 is 1. The van der Waals surface area contributed by atoms with Gasteiger partial charge in [-0.25, -0.2) is 4.79 Å². The quantitative estimate of drug-likeness (QED) is 0.540. The van der Waals surface area contributed by atoms with Gasteiger partial charge in [0.1, 0.15) is 18.3 Å². The molecule has 0 bridgehead atoms. The third-order valence-corrected chi connectivity index (χ3v) is 6.19. The van der Waals surface area contributed by atoms with Crippen LogP contribution in [0, 0.1) is 0 Å².